The molecule has 4 N–H and O–H groups in total. The van der Waals surface area contributed by atoms with E-state index in [1.54, 1.807) is 51.6 Å². The highest BCUT2D eigenvalue weighted by molar-refractivity contribution is 5.91. The number of amides is 5. The predicted octanol–water partition coefficient (Wildman–Crippen LogP) is 1.89. The van der Waals surface area contributed by atoms with Crippen molar-refractivity contribution >= 4 is 29.5 Å². The number of hydrogen-bond acceptors (Lipinski definition) is 8. The van der Waals surface area contributed by atoms with Crippen molar-refractivity contribution in [3.8, 4) is 12.3 Å². The number of likely N-dealkylation sites (N-methyl/N-ethyl adjacent to an activating group) is 2. The molecule has 0 aliphatic carbocycles. The number of nitrogens with one attached hydrogen (secondary N) is 4. The van der Waals surface area contributed by atoms with Crippen LogP contribution in [0.15, 0.2) is 30.3 Å². The van der Waals surface area contributed by atoms with Crippen molar-refractivity contribution in [3.05, 3.63) is 35.9 Å². The average molecular weight is 727 g/mol. The number of benzene rings is 1. The third-order valence-electron chi connectivity index (χ3n) is 10.4. The van der Waals surface area contributed by atoms with Gasteiger partial charge in [-0.25, -0.2) is 0 Å². The van der Waals surface area contributed by atoms with Crippen LogP contribution < -0.4 is 21.3 Å². The Morgan fingerprint density at radius 1 is 1.04 bits per heavy atom. The third kappa shape index (κ3) is 11.8. The first kappa shape index (κ1) is 44.2. The first-order valence-corrected chi connectivity index (χ1v) is 18.2. The highest BCUT2D eigenvalue weighted by Crippen LogP contribution is 2.29. The molecule has 1 aliphatic rings. The number of likely N-dealkylation sites (tertiary alicyclic amines) is 1. The highest BCUT2D eigenvalue weighted by atomic mass is 16.5. The molecule has 1 fully saturated rings. The third-order valence-corrected chi connectivity index (χ3v) is 10.4. The molecule has 1 aromatic rings. The fourth-order valence-corrected chi connectivity index (χ4v) is 6.79. The minimum Gasteiger partial charge on any atom is -0.379 e. The lowest BCUT2D eigenvalue weighted by molar-refractivity contribution is -0.147. The van der Waals surface area contributed by atoms with E-state index in [-0.39, 0.29) is 48.9 Å². The van der Waals surface area contributed by atoms with Gasteiger partial charge in [0.05, 0.1) is 48.7 Å². The summed E-state index contributed by atoms with van der Waals surface area (Å²) in [6.45, 7) is 11.4. The second kappa shape index (κ2) is 20.9. The second-order valence-electron chi connectivity index (χ2n) is 14.3. The Kier molecular flexibility index (Phi) is 17.8. The van der Waals surface area contributed by atoms with Crippen LogP contribution >= 0.6 is 0 Å². The maximum Gasteiger partial charge on any atom is 0.244 e. The highest BCUT2D eigenvalue weighted by Gasteiger charge is 2.43. The van der Waals surface area contributed by atoms with E-state index in [0.717, 1.165) is 18.4 Å². The molecule has 13 nitrogen and oxygen atoms in total. The lowest BCUT2D eigenvalue weighted by Gasteiger charge is -2.40. The van der Waals surface area contributed by atoms with E-state index >= 15 is 0 Å². The Morgan fingerprint density at radius 3 is 2.25 bits per heavy atom. The smallest absolute Gasteiger partial charge is 0.244 e. The van der Waals surface area contributed by atoms with Crippen LogP contribution in [0.5, 0.6) is 0 Å². The Labute approximate surface area is 310 Å². The molecule has 1 heterocycles. The van der Waals surface area contributed by atoms with E-state index in [1.165, 1.54) is 14.2 Å². The quantitative estimate of drug-likeness (QED) is 0.149. The summed E-state index contributed by atoms with van der Waals surface area (Å²) < 4.78 is 11.8. The van der Waals surface area contributed by atoms with Crippen LogP contribution in [0.4, 0.5) is 0 Å². The second-order valence-corrected chi connectivity index (χ2v) is 14.3. The monoisotopic (exact) mass is 726 g/mol. The van der Waals surface area contributed by atoms with Gasteiger partial charge in [-0.3, -0.25) is 24.0 Å². The molecular weight excluding hydrogens is 664 g/mol. The molecular formula is C39H62N6O7. The van der Waals surface area contributed by atoms with Crippen LogP contribution in [0.1, 0.15) is 72.8 Å². The summed E-state index contributed by atoms with van der Waals surface area (Å²) in [5, 5.41) is 11.3. The molecule has 13 heteroatoms. The van der Waals surface area contributed by atoms with Gasteiger partial charge in [0.1, 0.15) is 12.1 Å². The van der Waals surface area contributed by atoms with Crippen LogP contribution in [0.25, 0.3) is 0 Å². The van der Waals surface area contributed by atoms with Gasteiger partial charge in [-0.15, -0.1) is 6.42 Å². The Balaban J connectivity index is 2.24. The van der Waals surface area contributed by atoms with E-state index in [2.05, 4.69) is 27.2 Å². The molecule has 8 atom stereocenters. The van der Waals surface area contributed by atoms with Gasteiger partial charge in [0, 0.05) is 34.2 Å². The molecule has 0 saturated carbocycles. The summed E-state index contributed by atoms with van der Waals surface area (Å²) >= 11 is 0. The van der Waals surface area contributed by atoms with Crippen molar-refractivity contribution in [2.45, 2.75) is 116 Å². The molecule has 0 radical (unpaired) electrons. The summed E-state index contributed by atoms with van der Waals surface area (Å²) in [5.74, 6) is 0.101. The van der Waals surface area contributed by atoms with Gasteiger partial charge in [0.15, 0.2) is 0 Å². The molecule has 0 unspecified atom stereocenters. The first-order valence-electron chi connectivity index (χ1n) is 18.2. The van der Waals surface area contributed by atoms with Gasteiger partial charge in [-0.2, -0.15) is 0 Å². The summed E-state index contributed by atoms with van der Waals surface area (Å²) in [6.07, 6.45) is 6.40. The van der Waals surface area contributed by atoms with Gasteiger partial charge in [-0.05, 0) is 52.1 Å². The number of ether oxygens (including phenoxy) is 2. The van der Waals surface area contributed by atoms with Crippen LogP contribution in [-0.4, -0.2) is 123 Å². The fourth-order valence-electron chi connectivity index (χ4n) is 6.79. The summed E-state index contributed by atoms with van der Waals surface area (Å²) in [5.41, 5.74) is 0.00968. The zero-order valence-electron chi connectivity index (χ0n) is 32.8. The van der Waals surface area contributed by atoms with Crippen LogP contribution in [0.3, 0.4) is 0 Å². The standard InChI is InChI=1S/C39H62N6O7/c1-12-21-41-36(48)29(23-28-18-15-14-16-19-28)43-35(47)26(4)34(52-11)30-20-17-22-45(30)32(46)24-31(51-10)33(25(3)13-2)44(9)37(49)27(5)42-38(50)39(6,7)40-8/h1,14-16,18-19,25-27,29-31,33-34,40H,13,17,20-24H2,2-11H3,(H,41,48)(H,42,50)(H,43,47)/t25-,26+,27-,29-,30-,31+,33-,34+/m0/s1. The van der Waals surface area contributed by atoms with Gasteiger partial charge in [-0.1, -0.05) is 63.4 Å². The van der Waals surface area contributed by atoms with Gasteiger partial charge in [0.2, 0.25) is 29.5 Å². The number of nitrogens with zero attached hydrogens (tertiary/aromatic N) is 2. The molecule has 2 rings (SSSR count). The molecule has 1 saturated heterocycles. The number of carbonyl (C=O) groups is 5. The summed E-state index contributed by atoms with van der Waals surface area (Å²) in [7, 11) is 6.41. The van der Waals surface area contributed by atoms with Crippen LogP contribution in [0.2, 0.25) is 0 Å². The summed E-state index contributed by atoms with van der Waals surface area (Å²) in [4.78, 5) is 70.6. The molecule has 52 heavy (non-hydrogen) atoms. The average Bonchev–Trinajstić information content (AvgIpc) is 3.62. The normalized spacial score (nSPS) is 18.5. The maximum atomic E-state index is 14.1. The lowest BCUT2D eigenvalue weighted by Crippen LogP contribution is -2.59. The molecule has 290 valence electrons. The maximum absolute atomic E-state index is 14.1. The van der Waals surface area contributed by atoms with Gasteiger partial charge < -0.3 is 40.5 Å². The molecule has 1 aromatic carbocycles. The predicted molar refractivity (Wildman–Crippen MR) is 201 cm³/mol. The van der Waals surface area contributed by atoms with E-state index in [0.29, 0.717) is 13.0 Å². The molecule has 0 bridgehead atoms. The van der Waals surface area contributed by atoms with Gasteiger partial charge in [0.25, 0.3) is 0 Å². The van der Waals surface area contributed by atoms with Crippen molar-refractivity contribution < 1.29 is 33.4 Å². The molecule has 0 aromatic heterocycles. The lowest BCUT2D eigenvalue weighted by atomic mass is 9.90. The van der Waals surface area contributed by atoms with Crippen molar-refractivity contribution in [2.75, 3.05) is 41.4 Å². The molecule has 0 spiro atoms. The number of carbonyl (C=O) groups excluding carboxylic acids is 5. The van der Waals surface area contributed by atoms with E-state index < -0.39 is 53.7 Å². The Bertz CT molecular complexity index is 1380. The first-order chi connectivity index (χ1) is 24.6. The Morgan fingerprint density at radius 2 is 1.69 bits per heavy atom. The number of rotatable bonds is 20. The van der Waals surface area contributed by atoms with E-state index in [9.17, 15) is 24.0 Å². The fraction of sp³-hybridized carbons (Fsp3) is 0.667. The van der Waals surface area contributed by atoms with E-state index in [1.807, 2.05) is 44.2 Å². The van der Waals surface area contributed by atoms with Crippen molar-refractivity contribution in [2.24, 2.45) is 11.8 Å². The zero-order valence-corrected chi connectivity index (χ0v) is 32.8. The van der Waals surface area contributed by atoms with Gasteiger partial charge >= 0.3 is 0 Å². The molecule has 1 aliphatic heterocycles. The number of hydrogen-bond donors (Lipinski definition) is 4. The topological polar surface area (TPSA) is 158 Å². The minimum atomic E-state index is -0.866. The van der Waals surface area contributed by atoms with Crippen LogP contribution in [-0.2, 0) is 39.9 Å². The number of methoxy groups -OCH3 is 2. The summed E-state index contributed by atoms with van der Waals surface area (Å²) in [6, 6.07) is 6.84. The molecule has 5 amide bonds. The van der Waals surface area contributed by atoms with E-state index in [4.69, 9.17) is 15.9 Å². The minimum absolute atomic E-state index is 0.00133. The van der Waals surface area contributed by atoms with Crippen molar-refractivity contribution in [1.29, 1.82) is 0 Å². The largest absolute Gasteiger partial charge is 0.379 e. The number of terminal acetylenes is 1. The zero-order chi connectivity index (χ0) is 39.2. The van der Waals surface area contributed by atoms with Crippen molar-refractivity contribution in [1.82, 2.24) is 31.1 Å². The SMILES string of the molecule is C#CCNC(=O)[C@H](Cc1ccccc1)NC(=O)[C@H](C)[C@@H](OC)[C@@H]1CCCN1C(=O)C[C@@H](OC)[C@H]([C@@H](C)CC)N(C)C(=O)[C@H](C)NC(=O)C(C)(C)NC. The Hall–Kier alpha value is -3.99. The van der Waals surface area contributed by atoms with Crippen molar-refractivity contribution in [3.63, 3.8) is 0 Å². The van der Waals surface area contributed by atoms with Crippen LogP contribution in [0, 0.1) is 24.2 Å².